The maximum absolute atomic E-state index is 4.27. The average molecular weight is 314 g/mol. The Hall–Kier alpha value is -0.880. The molecule has 100 valence electrons. The highest BCUT2D eigenvalue weighted by Crippen LogP contribution is 2.26. The van der Waals surface area contributed by atoms with Crippen molar-refractivity contribution in [2.45, 2.75) is 12.8 Å². The summed E-state index contributed by atoms with van der Waals surface area (Å²) >= 11 is 3.52. The Bertz CT molecular complexity index is 398. The first-order chi connectivity index (χ1) is 8.70. The first kappa shape index (κ1) is 13.5. The fourth-order valence-electron chi connectivity index (χ4n) is 2.35. The van der Waals surface area contributed by atoms with Crippen molar-refractivity contribution in [2.24, 2.45) is 5.92 Å². The van der Waals surface area contributed by atoms with Crippen LogP contribution in [0.2, 0.25) is 0 Å². The number of rotatable bonds is 4. The zero-order chi connectivity index (χ0) is 13.0. The molecule has 5 nitrogen and oxygen atoms in total. The summed E-state index contributed by atoms with van der Waals surface area (Å²) in [6.45, 7) is 3.34. The van der Waals surface area contributed by atoms with E-state index >= 15 is 0 Å². The molecule has 18 heavy (non-hydrogen) atoms. The predicted octanol–water partition coefficient (Wildman–Crippen LogP) is 2.03. The molecule has 2 rings (SSSR count). The normalized spacial score (nSPS) is 20.7. The van der Waals surface area contributed by atoms with Gasteiger partial charge in [-0.05, 0) is 48.3 Å². The van der Waals surface area contributed by atoms with Crippen molar-refractivity contribution >= 4 is 27.6 Å². The molecule has 1 saturated heterocycles. The van der Waals surface area contributed by atoms with Crippen LogP contribution in [-0.4, -0.2) is 48.6 Å². The lowest BCUT2D eigenvalue weighted by atomic mass is 9.98. The molecule has 1 aromatic rings. The van der Waals surface area contributed by atoms with Gasteiger partial charge in [-0.3, -0.25) is 0 Å². The van der Waals surface area contributed by atoms with E-state index in [2.05, 4.69) is 48.5 Å². The molecule has 0 aromatic carbocycles. The molecular weight excluding hydrogens is 294 g/mol. The number of hydrogen-bond donors (Lipinski definition) is 2. The van der Waals surface area contributed by atoms with Gasteiger partial charge in [0.2, 0.25) is 0 Å². The lowest BCUT2D eigenvalue weighted by Crippen LogP contribution is -2.35. The molecule has 2 N–H and O–H groups in total. The summed E-state index contributed by atoms with van der Waals surface area (Å²) < 4.78 is 0.900. The Morgan fingerprint density at radius 1 is 1.44 bits per heavy atom. The Kier molecular flexibility index (Phi) is 4.77. The standard InChI is InChI=1S/C12H20BrN5/c1-14-11-10(13)12(17-8-16-11)15-6-9-4-3-5-18(2)7-9/h8-9H,3-7H2,1-2H3,(H2,14,15,16,17). The van der Waals surface area contributed by atoms with Crippen LogP contribution in [0.3, 0.4) is 0 Å². The number of nitrogens with zero attached hydrogens (tertiary/aromatic N) is 3. The Labute approximate surface area is 117 Å². The van der Waals surface area contributed by atoms with Gasteiger partial charge in [-0.2, -0.15) is 0 Å². The van der Waals surface area contributed by atoms with Gasteiger partial charge in [-0.1, -0.05) is 0 Å². The highest BCUT2D eigenvalue weighted by molar-refractivity contribution is 9.10. The molecule has 0 spiro atoms. The van der Waals surface area contributed by atoms with E-state index < -0.39 is 0 Å². The van der Waals surface area contributed by atoms with Crippen molar-refractivity contribution in [1.82, 2.24) is 14.9 Å². The number of anilines is 2. The van der Waals surface area contributed by atoms with Crippen molar-refractivity contribution in [2.75, 3.05) is 44.4 Å². The molecule has 1 aliphatic rings. The second-order valence-electron chi connectivity index (χ2n) is 4.79. The van der Waals surface area contributed by atoms with Gasteiger partial charge in [0.15, 0.2) is 0 Å². The van der Waals surface area contributed by atoms with Crippen LogP contribution < -0.4 is 10.6 Å². The third-order valence-corrected chi connectivity index (χ3v) is 4.06. The topological polar surface area (TPSA) is 53.1 Å². The predicted molar refractivity (Wildman–Crippen MR) is 78.0 cm³/mol. The van der Waals surface area contributed by atoms with Crippen molar-refractivity contribution in [1.29, 1.82) is 0 Å². The third kappa shape index (κ3) is 3.32. The van der Waals surface area contributed by atoms with Crippen molar-refractivity contribution in [3.05, 3.63) is 10.8 Å². The third-order valence-electron chi connectivity index (χ3n) is 3.31. The summed E-state index contributed by atoms with van der Waals surface area (Å²) in [5, 5.41) is 6.45. The van der Waals surface area contributed by atoms with Crippen LogP contribution in [0.25, 0.3) is 0 Å². The number of halogens is 1. The molecule has 0 radical (unpaired) electrons. The van der Waals surface area contributed by atoms with Crippen LogP contribution >= 0.6 is 15.9 Å². The number of nitrogens with one attached hydrogen (secondary N) is 2. The molecule has 1 fully saturated rings. The van der Waals surface area contributed by atoms with E-state index in [0.29, 0.717) is 5.92 Å². The van der Waals surface area contributed by atoms with Gasteiger partial charge >= 0.3 is 0 Å². The molecule has 1 atom stereocenters. The van der Waals surface area contributed by atoms with Gasteiger partial charge in [0.25, 0.3) is 0 Å². The van der Waals surface area contributed by atoms with E-state index in [1.807, 2.05) is 7.05 Å². The van der Waals surface area contributed by atoms with E-state index in [9.17, 15) is 0 Å². The smallest absolute Gasteiger partial charge is 0.145 e. The summed E-state index contributed by atoms with van der Waals surface area (Å²) in [5.41, 5.74) is 0. The van der Waals surface area contributed by atoms with Gasteiger partial charge in [-0.15, -0.1) is 0 Å². The van der Waals surface area contributed by atoms with Gasteiger partial charge in [0, 0.05) is 20.1 Å². The molecule has 1 aromatic heterocycles. The molecule has 1 unspecified atom stereocenters. The minimum Gasteiger partial charge on any atom is -0.372 e. The van der Waals surface area contributed by atoms with Crippen LogP contribution in [-0.2, 0) is 0 Å². The second-order valence-corrected chi connectivity index (χ2v) is 5.58. The summed E-state index contributed by atoms with van der Waals surface area (Å²) in [7, 11) is 4.04. The maximum Gasteiger partial charge on any atom is 0.145 e. The molecular formula is C12H20BrN5. The highest BCUT2D eigenvalue weighted by atomic mass is 79.9. The van der Waals surface area contributed by atoms with Crippen LogP contribution in [0.4, 0.5) is 11.6 Å². The number of aromatic nitrogens is 2. The molecule has 0 amide bonds. The van der Waals surface area contributed by atoms with Crippen LogP contribution in [0, 0.1) is 5.92 Å². The Balaban J connectivity index is 1.93. The minimum absolute atomic E-state index is 0.698. The molecule has 0 saturated carbocycles. The zero-order valence-electron chi connectivity index (χ0n) is 10.9. The maximum atomic E-state index is 4.27. The fourth-order valence-corrected chi connectivity index (χ4v) is 2.89. The molecule has 2 heterocycles. The lowest BCUT2D eigenvalue weighted by Gasteiger charge is -2.29. The van der Waals surface area contributed by atoms with E-state index in [-0.39, 0.29) is 0 Å². The van der Waals surface area contributed by atoms with Gasteiger partial charge < -0.3 is 15.5 Å². The number of piperidine rings is 1. The van der Waals surface area contributed by atoms with Gasteiger partial charge in [0.1, 0.15) is 22.4 Å². The molecule has 0 bridgehead atoms. The van der Waals surface area contributed by atoms with E-state index in [1.54, 1.807) is 6.33 Å². The largest absolute Gasteiger partial charge is 0.372 e. The Morgan fingerprint density at radius 3 is 2.94 bits per heavy atom. The van der Waals surface area contributed by atoms with Crippen LogP contribution in [0.5, 0.6) is 0 Å². The highest BCUT2D eigenvalue weighted by Gasteiger charge is 2.17. The van der Waals surface area contributed by atoms with E-state index in [4.69, 9.17) is 0 Å². The van der Waals surface area contributed by atoms with E-state index in [1.165, 1.54) is 19.4 Å². The SMILES string of the molecule is CNc1ncnc(NCC2CCCN(C)C2)c1Br. The van der Waals surface area contributed by atoms with Crippen molar-refractivity contribution in [3.63, 3.8) is 0 Å². The van der Waals surface area contributed by atoms with Crippen molar-refractivity contribution in [3.8, 4) is 0 Å². The number of likely N-dealkylation sites (tertiary alicyclic amines) is 1. The first-order valence-corrected chi connectivity index (χ1v) is 7.10. The fraction of sp³-hybridized carbons (Fsp3) is 0.667. The summed E-state index contributed by atoms with van der Waals surface area (Å²) in [5.74, 6) is 2.37. The molecule has 6 heteroatoms. The van der Waals surface area contributed by atoms with Gasteiger partial charge in [0.05, 0.1) is 0 Å². The Morgan fingerprint density at radius 2 is 2.22 bits per heavy atom. The molecule has 1 aliphatic heterocycles. The quantitative estimate of drug-likeness (QED) is 0.891. The average Bonchev–Trinajstić information content (AvgIpc) is 2.38. The monoisotopic (exact) mass is 313 g/mol. The van der Waals surface area contributed by atoms with Crippen molar-refractivity contribution < 1.29 is 0 Å². The first-order valence-electron chi connectivity index (χ1n) is 6.31. The summed E-state index contributed by atoms with van der Waals surface area (Å²) in [6.07, 6.45) is 4.15. The summed E-state index contributed by atoms with van der Waals surface area (Å²) in [4.78, 5) is 10.8. The van der Waals surface area contributed by atoms with Crippen LogP contribution in [0.1, 0.15) is 12.8 Å². The lowest BCUT2D eigenvalue weighted by molar-refractivity contribution is 0.217. The zero-order valence-corrected chi connectivity index (χ0v) is 12.5. The van der Waals surface area contributed by atoms with E-state index in [0.717, 1.165) is 29.2 Å². The number of hydrogen-bond acceptors (Lipinski definition) is 5. The second kappa shape index (κ2) is 6.33. The van der Waals surface area contributed by atoms with Crippen LogP contribution in [0.15, 0.2) is 10.8 Å². The minimum atomic E-state index is 0.698. The summed E-state index contributed by atoms with van der Waals surface area (Å²) in [6, 6.07) is 0. The molecule has 0 aliphatic carbocycles. The van der Waals surface area contributed by atoms with Gasteiger partial charge in [-0.25, -0.2) is 9.97 Å².